The summed E-state index contributed by atoms with van der Waals surface area (Å²) in [5.41, 5.74) is 0.683. The molecule has 0 saturated heterocycles. The maximum atomic E-state index is 10.3. The van der Waals surface area contributed by atoms with E-state index in [4.69, 9.17) is 20.1 Å². The van der Waals surface area contributed by atoms with Crippen molar-refractivity contribution in [2.24, 2.45) is 5.41 Å². The van der Waals surface area contributed by atoms with Crippen LogP contribution in [0.5, 0.6) is 5.75 Å². The van der Waals surface area contributed by atoms with Gasteiger partial charge in [0.05, 0.1) is 0 Å². The lowest BCUT2D eigenvalue weighted by molar-refractivity contribution is -0.122. The number of phenols is 1. The average Bonchev–Trinajstić information content (AvgIpc) is 2.96. The van der Waals surface area contributed by atoms with Crippen molar-refractivity contribution in [2.45, 2.75) is 26.7 Å². The second-order valence-corrected chi connectivity index (χ2v) is 4.59. The first kappa shape index (κ1) is 16.0. The van der Waals surface area contributed by atoms with Crippen molar-refractivity contribution in [1.82, 2.24) is 0 Å². The van der Waals surface area contributed by atoms with Crippen molar-refractivity contribution in [1.29, 1.82) is 0 Å². The number of para-hydroxylation sites is 1. The first-order valence-electron chi connectivity index (χ1n) is 5.43. The number of carbonyl (C=O) groups is 2. The summed E-state index contributed by atoms with van der Waals surface area (Å²) in [6, 6.07) is 5.81. The number of aromatic hydroxyl groups is 1. The number of hydrogen-bond donors (Lipinski definition) is 3. The van der Waals surface area contributed by atoms with E-state index in [1.807, 2.05) is 0 Å². The molecule has 0 radical (unpaired) electrons. The third-order valence-corrected chi connectivity index (χ3v) is 2.38. The molecule has 5 nitrogen and oxygen atoms in total. The molecule has 1 saturated carbocycles. The van der Waals surface area contributed by atoms with E-state index in [0.717, 1.165) is 5.41 Å². The zero-order chi connectivity index (χ0) is 14.2. The quantitative estimate of drug-likeness (QED) is 0.669. The van der Waals surface area contributed by atoms with Gasteiger partial charge in [0.1, 0.15) is 11.3 Å². The van der Waals surface area contributed by atoms with Crippen LogP contribution in [0.3, 0.4) is 0 Å². The summed E-state index contributed by atoms with van der Waals surface area (Å²) in [5.74, 6) is -1.31. The molecule has 1 aromatic rings. The summed E-state index contributed by atoms with van der Waals surface area (Å²) in [5, 5.41) is 24.2. The molecule has 0 heterocycles. The maximum Gasteiger partial charge on any atom is 0.339 e. The number of rotatable bonds is 1. The lowest BCUT2D eigenvalue weighted by Gasteiger charge is -1.95. The third-order valence-electron chi connectivity index (χ3n) is 2.38. The van der Waals surface area contributed by atoms with Gasteiger partial charge in [-0.2, -0.15) is 0 Å². The van der Waals surface area contributed by atoms with Crippen molar-refractivity contribution in [3.05, 3.63) is 29.8 Å². The van der Waals surface area contributed by atoms with Crippen LogP contribution < -0.4 is 0 Å². The Morgan fingerprint density at radius 3 is 1.89 bits per heavy atom. The van der Waals surface area contributed by atoms with Crippen LogP contribution in [0.2, 0.25) is 0 Å². The summed E-state index contributed by atoms with van der Waals surface area (Å²) in [4.78, 5) is 18.6. The minimum atomic E-state index is -1.11. The normalized spacial score (nSPS) is 14.1. The molecule has 5 heteroatoms. The summed E-state index contributed by atoms with van der Waals surface area (Å²) in [6.45, 7) is 4.35. The first-order chi connectivity index (χ1) is 8.34. The molecule has 1 aliphatic carbocycles. The fourth-order valence-electron chi connectivity index (χ4n) is 0.904. The Labute approximate surface area is 106 Å². The van der Waals surface area contributed by atoms with Crippen molar-refractivity contribution in [3.8, 4) is 5.75 Å². The second kappa shape index (κ2) is 7.32. The zero-order valence-electron chi connectivity index (χ0n) is 10.5. The predicted octanol–water partition coefficient (Wildman–Crippen LogP) is 2.60. The lowest BCUT2D eigenvalue weighted by Crippen LogP contribution is -1.95. The molecule has 18 heavy (non-hydrogen) atoms. The second-order valence-electron chi connectivity index (χ2n) is 4.59. The number of aromatic carboxylic acids is 1. The van der Waals surface area contributed by atoms with E-state index in [9.17, 15) is 4.79 Å². The SMILES string of the molecule is CC1(C)CC1.O=C(O)c1ccccc1O.O=CO. The monoisotopic (exact) mass is 254 g/mol. The van der Waals surface area contributed by atoms with Gasteiger partial charge in [0.25, 0.3) is 6.47 Å². The predicted molar refractivity (Wildman–Crippen MR) is 66.8 cm³/mol. The van der Waals surface area contributed by atoms with E-state index >= 15 is 0 Å². The van der Waals surface area contributed by atoms with Gasteiger partial charge in [0.15, 0.2) is 0 Å². The standard InChI is InChI=1S/C7H6O3.C5H10.CH2O2/c8-6-4-2-1-3-5(6)7(9)10;1-5(2)3-4-5;2-1-3/h1-4,8H,(H,9,10);3-4H2,1-2H3;1H,(H,2,3). The van der Waals surface area contributed by atoms with E-state index < -0.39 is 5.97 Å². The summed E-state index contributed by atoms with van der Waals surface area (Å²) in [6.07, 6.45) is 2.90. The molecule has 2 rings (SSSR count). The van der Waals surface area contributed by atoms with Crippen molar-refractivity contribution in [2.75, 3.05) is 0 Å². The highest BCUT2D eigenvalue weighted by Gasteiger charge is 2.30. The first-order valence-corrected chi connectivity index (χ1v) is 5.43. The molecule has 0 unspecified atom stereocenters. The fraction of sp³-hybridized carbons (Fsp3) is 0.385. The van der Waals surface area contributed by atoms with Crippen LogP contribution in [0.15, 0.2) is 24.3 Å². The largest absolute Gasteiger partial charge is 0.507 e. The molecular weight excluding hydrogens is 236 g/mol. The van der Waals surface area contributed by atoms with Gasteiger partial charge in [0.2, 0.25) is 0 Å². The van der Waals surface area contributed by atoms with Gasteiger partial charge in [-0.1, -0.05) is 26.0 Å². The van der Waals surface area contributed by atoms with Crippen LogP contribution in [-0.2, 0) is 4.79 Å². The van der Waals surface area contributed by atoms with Gasteiger partial charge in [-0.05, 0) is 30.4 Å². The molecule has 0 bridgehead atoms. The van der Waals surface area contributed by atoms with E-state index in [-0.39, 0.29) is 17.8 Å². The highest BCUT2D eigenvalue weighted by Crippen LogP contribution is 2.43. The smallest absolute Gasteiger partial charge is 0.339 e. The topological polar surface area (TPSA) is 94.8 Å². The van der Waals surface area contributed by atoms with Crippen LogP contribution in [0, 0.1) is 5.41 Å². The van der Waals surface area contributed by atoms with E-state index in [0.29, 0.717) is 0 Å². The van der Waals surface area contributed by atoms with Crippen LogP contribution in [-0.4, -0.2) is 27.8 Å². The Hall–Kier alpha value is -2.04. The van der Waals surface area contributed by atoms with E-state index in [1.54, 1.807) is 12.1 Å². The number of hydrogen-bond acceptors (Lipinski definition) is 3. The van der Waals surface area contributed by atoms with Crippen LogP contribution in [0.1, 0.15) is 37.0 Å². The molecule has 0 aromatic heterocycles. The molecule has 0 aliphatic heterocycles. The Kier molecular flexibility index (Phi) is 6.49. The zero-order valence-corrected chi connectivity index (χ0v) is 10.5. The van der Waals surface area contributed by atoms with Gasteiger partial charge < -0.3 is 15.3 Å². The summed E-state index contributed by atoms with van der Waals surface area (Å²) < 4.78 is 0. The number of carboxylic acid groups (broad SMARTS) is 2. The Bertz CT molecular complexity index is 392. The number of carboxylic acids is 1. The van der Waals surface area contributed by atoms with Crippen molar-refractivity contribution in [3.63, 3.8) is 0 Å². The van der Waals surface area contributed by atoms with E-state index in [1.165, 1.54) is 25.0 Å². The van der Waals surface area contributed by atoms with E-state index in [2.05, 4.69) is 13.8 Å². The average molecular weight is 254 g/mol. The highest BCUT2D eigenvalue weighted by atomic mass is 16.4. The number of benzene rings is 1. The van der Waals surface area contributed by atoms with Crippen molar-refractivity contribution < 1.29 is 24.9 Å². The van der Waals surface area contributed by atoms with Gasteiger partial charge in [0, 0.05) is 0 Å². The molecule has 1 fully saturated rings. The Morgan fingerprint density at radius 2 is 1.67 bits per heavy atom. The molecule has 0 atom stereocenters. The molecule has 0 spiro atoms. The van der Waals surface area contributed by atoms with Gasteiger partial charge in [-0.15, -0.1) is 0 Å². The summed E-state index contributed by atoms with van der Waals surface area (Å²) >= 11 is 0. The summed E-state index contributed by atoms with van der Waals surface area (Å²) in [7, 11) is 0. The molecule has 0 amide bonds. The van der Waals surface area contributed by atoms with Gasteiger partial charge in [-0.3, -0.25) is 4.79 Å². The maximum absolute atomic E-state index is 10.3. The van der Waals surface area contributed by atoms with Crippen LogP contribution >= 0.6 is 0 Å². The third kappa shape index (κ3) is 7.27. The van der Waals surface area contributed by atoms with Crippen molar-refractivity contribution >= 4 is 12.4 Å². The van der Waals surface area contributed by atoms with Gasteiger partial charge in [-0.25, -0.2) is 4.79 Å². The molecule has 3 N–H and O–H groups in total. The highest BCUT2D eigenvalue weighted by molar-refractivity contribution is 5.90. The van der Waals surface area contributed by atoms with Crippen LogP contribution in [0.25, 0.3) is 0 Å². The lowest BCUT2D eigenvalue weighted by atomic mass is 10.2. The molecule has 100 valence electrons. The van der Waals surface area contributed by atoms with Gasteiger partial charge >= 0.3 is 5.97 Å². The minimum absolute atomic E-state index is 0.0671. The molecule has 1 aromatic carbocycles. The molecular formula is C13H18O5. The fourth-order valence-corrected chi connectivity index (χ4v) is 0.904. The Balaban J connectivity index is 0.000000301. The Morgan fingerprint density at radius 1 is 1.28 bits per heavy atom. The molecule has 1 aliphatic rings. The van der Waals surface area contributed by atoms with Crippen LogP contribution in [0.4, 0.5) is 0 Å². The minimum Gasteiger partial charge on any atom is -0.507 e.